The molecule has 1 aliphatic heterocycles. The molecule has 1 heterocycles. The van der Waals surface area contributed by atoms with Gasteiger partial charge in [-0.3, -0.25) is 0 Å². The molecule has 1 aromatic carbocycles. The van der Waals surface area contributed by atoms with Gasteiger partial charge in [0.05, 0.1) is 12.2 Å². The Morgan fingerprint density at radius 1 is 1.33 bits per heavy atom. The first-order chi connectivity index (χ1) is 8.67. The van der Waals surface area contributed by atoms with Crippen molar-refractivity contribution in [1.29, 1.82) is 0 Å². The van der Waals surface area contributed by atoms with Crippen molar-refractivity contribution >= 4 is 11.8 Å². The highest BCUT2D eigenvalue weighted by atomic mass is 32.2. The van der Waals surface area contributed by atoms with E-state index in [9.17, 15) is 5.11 Å². The van der Waals surface area contributed by atoms with Crippen molar-refractivity contribution in [3.8, 4) is 5.75 Å². The van der Waals surface area contributed by atoms with Gasteiger partial charge in [0.1, 0.15) is 5.75 Å². The van der Waals surface area contributed by atoms with Crippen LogP contribution in [0.5, 0.6) is 5.75 Å². The number of ether oxygens (including phenoxy) is 1. The van der Waals surface area contributed by atoms with Gasteiger partial charge in [0.15, 0.2) is 0 Å². The SMILES string of the molecule is CC1(C(O)c2ccc(OC3CC3)cc2)CCCS1. The lowest BCUT2D eigenvalue weighted by Crippen LogP contribution is -2.26. The molecule has 1 aromatic rings. The van der Waals surface area contributed by atoms with Gasteiger partial charge in [0, 0.05) is 4.75 Å². The van der Waals surface area contributed by atoms with E-state index in [4.69, 9.17) is 4.74 Å². The number of aliphatic hydroxyl groups is 1. The molecule has 2 aliphatic rings. The highest BCUT2D eigenvalue weighted by Gasteiger charge is 2.37. The minimum absolute atomic E-state index is 0.0150. The van der Waals surface area contributed by atoms with E-state index in [1.807, 2.05) is 36.0 Å². The normalized spacial score (nSPS) is 29.2. The minimum Gasteiger partial charge on any atom is -0.490 e. The lowest BCUT2D eigenvalue weighted by Gasteiger charge is -2.29. The quantitative estimate of drug-likeness (QED) is 0.902. The first-order valence-electron chi connectivity index (χ1n) is 6.76. The third-order valence-corrected chi connectivity index (χ3v) is 5.43. The molecule has 0 spiro atoms. The van der Waals surface area contributed by atoms with Crippen LogP contribution in [-0.4, -0.2) is 21.7 Å². The van der Waals surface area contributed by atoms with Crippen LogP contribution >= 0.6 is 11.8 Å². The second-order valence-corrected chi connectivity index (χ2v) is 7.18. The molecule has 1 aliphatic carbocycles. The zero-order valence-corrected chi connectivity index (χ0v) is 11.6. The molecule has 1 saturated carbocycles. The standard InChI is InChI=1S/C15H20O2S/c1-15(9-2-10-18-15)14(16)11-3-5-12(6-4-11)17-13-7-8-13/h3-6,13-14,16H,2,7-10H2,1H3. The Morgan fingerprint density at radius 2 is 2.06 bits per heavy atom. The Balaban J connectivity index is 1.70. The maximum atomic E-state index is 10.5. The fourth-order valence-electron chi connectivity index (χ4n) is 2.48. The molecule has 2 nitrogen and oxygen atoms in total. The number of benzene rings is 1. The maximum absolute atomic E-state index is 10.5. The van der Waals surface area contributed by atoms with Crippen LogP contribution in [0.25, 0.3) is 0 Å². The van der Waals surface area contributed by atoms with Gasteiger partial charge < -0.3 is 9.84 Å². The zero-order valence-electron chi connectivity index (χ0n) is 10.8. The van der Waals surface area contributed by atoms with Crippen molar-refractivity contribution in [2.45, 2.75) is 49.6 Å². The summed E-state index contributed by atoms with van der Waals surface area (Å²) in [7, 11) is 0. The molecule has 3 heteroatoms. The average Bonchev–Trinajstić information content (AvgIpc) is 3.09. The van der Waals surface area contributed by atoms with E-state index >= 15 is 0 Å². The molecule has 18 heavy (non-hydrogen) atoms. The van der Waals surface area contributed by atoms with Crippen molar-refractivity contribution in [2.75, 3.05) is 5.75 Å². The summed E-state index contributed by atoms with van der Waals surface area (Å²) in [6.45, 7) is 2.17. The Hall–Kier alpha value is -0.670. The fourth-order valence-corrected chi connectivity index (χ4v) is 3.81. The number of rotatable bonds is 4. The smallest absolute Gasteiger partial charge is 0.119 e. The van der Waals surface area contributed by atoms with Crippen LogP contribution in [0.4, 0.5) is 0 Å². The van der Waals surface area contributed by atoms with Crippen molar-refractivity contribution < 1.29 is 9.84 Å². The van der Waals surface area contributed by atoms with Crippen LogP contribution in [0.15, 0.2) is 24.3 Å². The van der Waals surface area contributed by atoms with Crippen LogP contribution in [0, 0.1) is 0 Å². The van der Waals surface area contributed by atoms with Crippen molar-refractivity contribution in [3.63, 3.8) is 0 Å². The van der Waals surface area contributed by atoms with Gasteiger partial charge >= 0.3 is 0 Å². The Bertz CT molecular complexity index is 405. The van der Waals surface area contributed by atoms with Gasteiger partial charge in [0.25, 0.3) is 0 Å². The molecule has 2 fully saturated rings. The van der Waals surface area contributed by atoms with Gasteiger partial charge in [-0.15, -0.1) is 0 Å². The average molecular weight is 264 g/mol. The molecule has 98 valence electrons. The highest BCUT2D eigenvalue weighted by molar-refractivity contribution is 8.00. The lowest BCUT2D eigenvalue weighted by atomic mass is 9.93. The van der Waals surface area contributed by atoms with E-state index in [-0.39, 0.29) is 10.9 Å². The van der Waals surface area contributed by atoms with Gasteiger partial charge in [-0.2, -0.15) is 11.8 Å². The summed E-state index contributed by atoms with van der Waals surface area (Å²) in [6.07, 6.45) is 4.72. The minimum atomic E-state index is -0.375. The van der Waals surface area contributed by atoms with E-state index < -0.39 is 0 Å². The van der Waals surface area contributed by atoms with Crippen LogP contribution in [0.2, 0.25) is 0 Å². The summed E-state index contributed by atoms with van der Waals surface area (Å²) in [6, 6.07) is 7.98. The largest absolute Gasteiger partial charge is 0.490 e. The predicted molar refractivity (Wildman–Crippen MR) is 75.1 cm³/mol. The molecule has 3 rings (SSSR count). The summed E-state index contributed by atoms with van der Waals surface area (Å²) in [4.78, 5) is 0. The summed E-state index contributed by atoms with van der Waals surface area (Å²) >= 11 is 1.89. The highest BCUT2D eigenvalue weighted by Crippen LogP contribution is 2.46. The van der Waals surface area contributed by atoms with Crippen LogP contribution in [0.3, 0.4) is 0 Å². The summed E-state index contributed by atoms with van der Waals surface area (Å²) in [5.41, 5.74) is 1.01. The lowest BCUT2D eigenvalue weighted by molar-refractivity contribution is 0.135. The van der Waals surface area contributed by atoms with Gasteiger partial charge in [0.2, 0.25) is 0 Å². The van der Waals surface area contributed by atoms with Gasteiger partial charge in [-0.1, -0.05) is 12.1 Å². The zero-order chi connectivity index (χ0) is 12.6. The van der Waals surface area contributed by atoms with Crippen molar-refractivity contribution in [1.82, 2.24) is 0 Å². The number of thioether (sulfide) groups is 1. The summed E-state index contributed by atoms with van der Waals surface area (Å²) in [5, 5.41) is 10.5. The molecule has 1 N–H and O–H groups in total. The monoisotopic (exact) mass is 264 g/mol. The third kappa shape index (κ3) is 2.52. The van der Waals surface area contributed by atoms with Gasteiger partial charge in [-0.05, 0) is 56.1 Å². The van der Waals surface area contributed by atoms with Crippen LogP contribution in [-0.2, 0) is 0 Å². The third-order valence-electron chi connectivity index (χ3n) is 3.85. The van der Waals surface area contributed by atoms with Crippen molar-refractivity contribution in [2.24, 2.45) is 0 Å². The van der Waals surface area contributed by atoms with Crippen molar-refractivity contribution in [3.05, 3.63) is 29.8 Å². The molecule has 2 unspecified atom stereocenters. The predicted octanol–water partition coefficient (Wildman–Crippen LogP) is 3.55. The fraction of sp³-hybridized carbons (Fsp3) is 0.600. The van der Waals surface area contributed by atoms with E-state index in [1.165, 1.54) is 19.3 Å². The van der Waals surface area contributed by atoms with E-state index in [0.717, 1.165) is 23.5 Å². The van der Waals surface area contributed by atoms with E-state index in [0.29, 0.717) is 6.10 Å². The first kappa shape index (κ1) is 12.4. The number of hydrogen-bond acceptors (Lipinski definition) is 3. The molecule has 0 bridgehead atoms. The van der Waals surface area contributed by atoms with Crippen LogP contribution in [0.1, 0.15) is 44.3 Å². The molecule has 0 aromatic heterocycles. The number of hydrogen-bond donors (Lipinski definition) is 1. The molecule has 1 saturated heterocycles. The Kier molecular flexibility index (Phi) is 3.29. The van der Waals surface area contributed by atoms with Gasteiger partial charge in [-0.25, -0.2) is 0 Å². The van der Waals surface area contributed by atoms with E-state index in [1.54, 1.807) is 0 Å². The molecule has 0 radical (unpaired) electrons. The number of aliphatic hydroxyl groups excluding tert-OH is 1. The van der Waals surface area contributed by atoms with E-state index in [2.05, 4.69) is 6.92 Å². The molecule has 0 amide bonds. The topological polar surface area (TPSA) is 29.5 Å². The van der Waals surface area contributed by atoms with Crippen LogP contribution < -0.4 is 4.74 Å². The Labute approximate surface area is 113 Å². The molecule has 2 atom stereocenters. The summed E-state index contributed by atoms with van der Waals surface area (Å²) in [5.74, 6) is 2.09. The first-order valence-corrected chi connectivity index (χ1v) is 7.75. The second-order valence-electron chi connectivity index (χ2n) is 5.55. The second kappa shape index (κ2) is 4.78. The Morgan fingerprint density at radius 3 is 2.61 bits per heavy atom. The molecular formula is C15H20O2S. The summed E-state index contributed by atoms with van der Waals surface area (Å²) < 4.78 is 5.71. The molecular weight excluding hydrogens is 244 g/mol. The maximum Gasteiger partial charge on any atom is 0.119 e.